The fraction of sp³-hybridized carbons (Fsp3) is 0.200. The molecule has 0 radical (unpaired) electrons. The van der Waals surface area contributed by atoms with Crippen molar-refractivity contribution in [3.8, 4) is 0 Å². The van der Waals surface area contributed by atoms with Crippen molar-refractivity contribution < 1.29 is 4.79 Å². The van der Waals surface area contributed by atoms with Gasteiger partial charge in [-0.25, -0.2) is 0 Å². The minimum atomic E-state index is -0.147. The molecule has 0 fully saturated rings. The molecule has 1 aromatic rings. The van der Waals surface area contributed by atoms with Crippen LogP contribution in [0.25, 0.3) is 0 Å². The van der Waals surface area contributed by atoms with Crippen molar-refractivity contribution in [3.63, 3.8) is 0 Å². The SMILES string of the molecule is NC1=NC(=O)[C@H](Cc2ccc(Br)cc2)S1. The number of hydrogen-bond donors (Lipinski definition) is 1. The van der Waals surface area contributed by atoms with Crippen LogP contribution in [0.4, 0.5) is 0 Å². The average Bonchev–Trinajstić information content (AvgIpc) is 2.49. The highest BCUT2D eigenvalue weighted by molar-refractivity contribution is 9.10. The zero-order valence-corrected chi connectivity index (χ0v) is 10.2. The van der Waals surface area contributed by atoms with Crippen molar-refractivity contribution in [3.05, 3.63) is 34.3 Å². The third-order valence-electron chi connectivity index (χ3n) is 2.09. The summed E-state index contributed by atoms with van der Waals surface area (Å²) >= 11 is 4.70. The number of hydrogen-bond acceptors (Lipinski definition) is 3. The summed E-state index contributed by atoms with van der Waals surface area (Å²) in [5.74, 6) is -0.125. The van der Waals surface area contributed by atoms with Gasteiger partial charge in [0.1, 0.15) is 0 Å². The average molecular weight is 285 g/mol. The maximum Gasteiger partial charge on any atom is 0.261 e. The number of thioether (sulfide) groups is 1. The second-order valence-corrected chi connectivity index (χ2v) is 5.36. The van der Waals surface area contributed by atoms with E-state index in [9.17, 15) is 4.79 Å². The number of amides is 1. The maximum absolute atomic E-state index is 11.4. The van der Waals surface area contributed by atoms with Gasteiger partial charge in [-0.05, 0) is 24.1 Å². The molecule has 78 valence electrons. The lowest BCUT2D eigenvalue weighted by Crippen LogP contribution is -2.14. The number of nitrogens with two attached hydrogens (primary N) is 1. The van der Waals surface area contributed by atoms with Gasteiger partial charge in [0.2, 0.25) is 0 Å². The Hall–Kier alpha value is -0.810. The summed E-state index contributed by atoms with van der Waals surface area (Å²) in [5, 5.41) is 0.230. The van der Waals surface area contributed by atoms with Gasteiger partial charge in [0, 0.05) is 4.47 Å². The fourth-order valence-electron chi connectivity index (χ4n) is 1.37. The molecule has 0 spiro atoms. The number of carbonyl (C=O) groups is 1. The Morgan fingerprint density at radius 2 is 2.07 bits per heavy atom. The van der Waals surface area contributed by atoms with Gasteiger partial charge < -0.3 is 5.73 Å². The molecule has 0 unspecified atom stereocenters. The third-order valence-corrected chi connectivity index (χ3v) is 3.61. The topological polar surface area (TPSA) is 55.4 Å². The van der Waals surface area contributed by atoms with Crippen LogP contribution >= 0.6 is 27.7 Å². The number of halogens is 1. The first kappa shape index (κ1) is 10.7. The second-order valence-electron chi connectivity index (χ2n) is 3.23. The minimum absolute atomic E-state index is 0.125. The van der Waals surface area contributed by atoms with Gasteiger partial charge in [0.15, 0.2) is 5.17 Å². The molecule has 5 heteroatoms. The first-order valence-electron chi connectivity index (χ1n) is 4.44. The number of nitrogens with zero attached hydrogens (tertiary/aromatic N) is 1. The van der Waals surface area contributed by atoms with Crippen molar-refractivity contribution in [1.82, 2.24) is 0 Å². The minimum Gasteiger partial charge on any atom is -0.378 e. The monoisotopic (exact) mass is 284 g/mol. The van der Waals surface area contributed by atoms with E-state index in [-0.39, 0.29) is 11.2 Å². The first-order valence-corrected chi connectivity index (χ1v) is 6.11. The Balaban J connectivity index is 2.04. The summed E-state index contributed by atoms with van der Waals surface area (Å²) in [7, 11) is 0. The van der Waals surface area contributed by atoms with Crippen molar-refractivity contribution >= 4 is 38.8 Å². The second kappa shape index (κ2) is 4.37. The van der Waals surface area contributed by atoms with E-state index in [2.05, 4.69) is 20.9 Å². The van der Waals surface area contributed by atoms with Crippen molar-refractivity contribution in [1.29, 1.82) is 0 Å². The standard InChI is InChI=1S/C10H9BrN2OS/c11-7-3-1-6(2-4-7)5-8-9(14)13-10(12)15-8/h1-4,8H,5H2,(H2,12,13,14)/t8-/m0/s1. The van der Waals surface area contributed by atoms with Gasteiger partial charge in [-0.1, -0.05) is 39.8 Å². The lowest BCUT2D eigenvalue weighted by Gasteiger charge is -2.05. The highest BCUT2D eigenvalue weighted by atomic mass is 79.9. The molecule has 1 aromatic carbocycles. The van der Waals surface area contributed by atoms with Gasteiger partial charge in [-0.3, -0.25) is 4.79 Å². The maximum atomic E-state index is 11.4. The Morgan fingerprint density at radius 1 is 1.40 bits per heavy atom. The molecule has 1 amide bonds. The summed E-state index contributed by atoms with van der Waals surface area (Å²) in [6, 6.07) is 7.91. The van der Waals surface area contributed by atoms with Crippen LogP contribution < -0.4 is 5.73 Å². The van der Waals surface area contributed by atoms with Crippen LogP contribution in [0.15, 0.2) is 33.7 Å². The van der Waals surface area contributed by atoms with E-state index in [1.54, 1.807) is 0 Å². The summed E-state index contributed by atoms with van der Waals surface area (Å²) in [6.45, 7) is 0. The molecule has 1 atom stereocenters. The molecule has 3 nitrogen and oxygen atoms in total. The van der Waals surface area contributed by atoms with Crippen LogP contribution in [0, 0.1) is 0 Å². The fourth-order valence-corrected chi connectivity index (χ4v) is 2.49. The Morgan fingerprint density at radius 3 is 2.60 bits per heavy atom. The number of carbonyl (C=O) groups excluding carboxylic acids is 1. The predicted octanol–water partition coefficient (Wildman–Crippen LogP) is 1.95. The molecule has 0 aromatic heterocycles. The van der Waals surface area contributed by atoms with Crippen LogP contribution in [0.1, 0.15) is 5.56 Å². The Bertz CT molecular complexity index is 416. The summed E-state index contributed by atoms with van der Waals surface area (Å²) in [6.07, 6.45) is 0.682. The molecule has 0 bridgehead atoms. The predicted molar refractivity (Wildman–Crippen MR) is 65.9 cm³/mol. The molecule has 1 heterocycles. The summed E-state index contributed by atoms with van der Waals surface area (Å²) in [5.41, 5.74) is 6.60. The quantitative estimate of drug-likeness (QED) is 0.903. The summed E-state index contributed by atoms with van der Waals surface area (Å²) in [4.78, 5) is 15.1. The molecule has 2 N–H and O–H groups in total. The van der Waals surface area contributed by atoms with Crippen molar-refractivity contribution in [2.75, 3.05) is 0 Å². The van der Waals surface area contributed by atoms with Gasteiger partial charge >= 0.3 is 0 Å². The lowest BCUT2D eigenvalue weighted by atomic mass is 10.1. The molecule has 1 aliphatic rings. The third kappa shape index (κ3) is 2.60. The van der Waals surface area contributed by atoms with Crippen LogP contribution in [0.2, 0.25) is 0 Å². The highest BCUT2D eigenvalue weighted by Crippen LogP contribution is 2.24. The van der Waals surface area contributed by atoms with Crippen LogP contribution in [0.5, 0.6) is 0 Å². The number of benzene rings is 1. The van der Waals surface area contributed by atoms with E-state index < -0.39 is 0 Å². The molecule has 0 saturated heterocycles. The normalized spacial score (nSPS) is 20.5. The van der Waals surface area contributed by atoms with Crippen molar-refractivity contribution in [2.24, 2.45) is 10.7 Å². The van der Waals surface area contributed by atoms with Crippen molar-refractivity contribution in [2.45, 2.75) is 11.7 Å². The van der Waals surface area contributed by atoms with Crippen LogP contribution in [-0.4, -0.2) is 16.3 Å². The first-order chi connectivity index (χ1) is 7.15. The lowest BCUT2D eigenvalue weighted by molar-refractivity contribution is -0.117. The molecule has 0 aliphatic carbocycles. The van der Waals surface area contributed by atoms with Gasteiger partial charge in [-0.15, -0.1) is 0 Å². The van der Waals surface area contributed by atoms with E-state index in [4.69, 9.17) is 5.73 Å². The zero-order chi connectivity index (χ0) is 10.8. The molecule has 2 rings (SSSR count). The summed E-state index contributed by atoms with van der Waals surface area (Å²) < 4.78 is 1.03. The van der Waals surface area contributed by atoms with Crippen LogP contribution in [-0.2, 0) is 11.2 Å². The Kier molecular flexibility index (Phi) is 3.11. The molecular weight excluding hydrogens is 276 g/mol. The number of rotatable bonds is 2. The van der Waals surface area contributed by atoms with E-state index in [1.165, 1.54) is 11.8 Å². The van der Waals surface area contributed by atoms with E-state index in [1.807, 2.05) is 24.3 Å². The molecule has 15 heavy (non-hydrogen) atoms. The smallest absolute Gasteiger partial charge is 0.261 e. The van der Waals surface area contributed by atoms with Crippen LogP contribution in [0.3, 0.4) is 0 Å². The molecule has 0 saturated carbocycles. The largest absolute Gasteiger partial charge is 0.378 e. The molecule has 1 aliphatic heterocycles. The van der Waals surface area contributed by atoms with E-state index in [0.29, 0.717) is 11.6 Å². The van der Waals surface area contributed by atoms with Gasteiger partial charge in [0.25, 0.3) is 5.91 Å². The highest BCUT2D eigenvalue weighted by Gasteiger charge is 2.26. The van der Waals surface area contributed by atoms with Gasteiger partial charge in [0.05, 0.1) is 5.25 Å². The van der Waals surface area contributed by atoms with E-state index in [0.717, 1.165) is 10.0 Å². The van der Waals surface area contributed by atoms with Gasteiger partial charge in [-0.2, -0.15) is 4.99 Å². The molecular formula is C10H9BrN2OS. The zero-order valence-electron chi connectivity index (χ0n) is 7.81. The van der Waals surface area contributed by atoms with E-state index >= 15 is 0 Å². The number of amidine groups is 1. The number of aliphatic imine (C=N–C) groups is 1. The Labute approximate surface area is 100 Å².